The van der Waals surface area contributed by atoms with Gasteiger partial charge >= 0.3 is 0 Å². The molecule has 1 saturated heterocycles. The number of carbonyl (C=O) groups is 1. The summed E-state index contributed by atoms with van der Waals surface area (Å²) in [5.74, 6) is 0.239. The lowest BCUT2D eigenvalue weighted by Gasteiger charge is -2.22. The van der Waals surface area contributed by atoms with Gasteiger partial charge in [0.05, 0.1) is 35.6 Å². The van der Waals surface area contributed by atoms with Crippen LogP contribution in [0.3, 0.4) is 0 Å². The van der Waals surface area contributed by atoms with Crippen molar-refractivity contribution in [3.63, 3.8) is 0 Å². The fraction of sp³-hybridized carbons (Fsp3) is 0.480. The SMILES string of the molecule is O=C(Cc1csc(-c2cnn(C3CCCC3)c2-c2ccc(F)cc2)n1)NCC1CCOCC1. The smallest absolute Gasteiger partial charge is 0.226 e. The maximum atomic E-state index is 13.6. The molecule has 2 fully saturated rings. The number of rotatable bonds is 7. The number of halogens is 1. The van der Waals surface area contributed by atoms with E-state index in [-0.39, 0.29) is 18.1 Å². The fourth-order valence-corrected chi connectivity index (χ4v) is 5.62. The lowest BCUT2D eigenvalue weighted by molar-refractivity contribution is -0.120. The zero-order chi connectivity index (χ0) is 22.6. The van der Waals surface area contributed by atoms with Crippen LogP contribution < -0.4 is 5.32 Å². The minimum Gasteiger partial charge on any atom is -0.381 e. The number of carbonyl (C=O) groups excluding carboxylic acids is 1. The van der Waals surface area contributed by atoms with Crippen LogP contribution >= 0.6 is 11.3 Å². The predicted molar refractivity (Wildman–Crippen MR) is 126 cm³/mol. The summed E-state index contributed by atoms with van der Waals surface area (Å²) >= 11 is 1.52. The van der Waals surface area contributed by atoms with Crippen LogP contribution in [0.4, 0.5) is 4.39 Å². The molecule has 3 aromatic rings. The van der Waals surface area contributed by atoms with Gasteiger partial charge in [-0.15, -0.1) is 11.3 Å². The highest BCUT2D eigenvalue weighted by atomic mass is 32.1. The third-order valence-corrected chi connectivity index (χ3v) is 7.56. The van der Waals surface area contributed by atoms with Gasteiger partial charge in [-0.1, -0.05) is 12.8 Å². The Morgan fingerprint density at radius 2 is 1.91 bits per heavy atom. The molecule has 1 saturated carbocycles. The molecule has 33 heavy (non-hydrogen) atoms. The molecule has 1 amide bonds. The lowest BCUT2D eigenvalue weighted by Crippen LogP contribution is -2.33. The summed E-state index contributed by atoms with van der Waals surface area (Å²) in [6, 6.07) is 6.94. The monoisotopic (exact) mass is 468 g/mol. The molecule has 8 heteroatoms. The minimum absolute atomic E-state index is 0.00116. The van der Waals surface area contributed by atoms with Gasteiger partial charge in [-0.3, -0.25) is 9.48 Å². The molecular weight excluding hydrogens is 439 g/mol. The Morgan fingerprint density at radius 3 is 2.67 bits per heavy atom. The number of nitrogens with zero attached hydrogens (tertiary/aromatic N) is 3. The van der Waals surface area contributed by atoms with E-state index >= 15 is 0 Å². The van der Waals surface area contributed by atoms with Crippen molar-refractivity contribution >= 4 is 17.2 Å². The molecule has 1 aromatic carbocycles. The summed E-state index contributed by atoms with van der Waals surface area (Å²) in [7, 11) is 0. The molecule has 0 bridgehead atoms. The van der Waals surface area contributed by atoms with Crippen LogP contribution in [-0.2, 0) is 16.0 Å². The van der Waals surface area contributed by atoms with Gasteiger partial charge in [-0.25, -0.2) is 9.37 Å². The van der Waals surface area contributed by atoms with E-state index < -0.39 is 0 Å². The molecule has 1 aliphatic carbocycles. The Labute approximate surface area is 197 Å². The number of amides is 1. The van der Waals surface area contributed by atoms with Crippen molar-refractivity contribution in [1.29, 1.82) is 0 Å². The topological polar surface area (TPSA) is 69.0 Å². The van der Waals surface area contributed by atoms with E-state index in [0.717, 1.165) is 66.4 Å². The molecule has 0 spiro atoms. The standard InChI is InChI=1S/C25H29FN4O2S/c26-19-7-5-18(6-8-19)24-22(15-28-30(24)21-3-1-2-4-21)25-29-20(16-33-25)13-23(31)27-14-17-9-11-32-12-10-17/h5-8,15-17,21H,1-4,9-14H2,(H,27,31). The maximum Gasteiger partial charge on any atom is 0.226 e. The van der Waals surface area contributed by atoms with E-state index in [1.165, 1.54) is 36.3 Å². The van der Waals surface area contributed by atoms with Crippen LogP contribution in [0.25, 0.3) is 21.8 Å². The van der Waals surface area contributed by atoms with E-state index in [1.54, 1.807) is 12.1 Å². The molecule has 6 nitrogen and oxygen atoms in total. The number of hydrogen-bond acceptors (Lipinski definition) is 5. The largest absolute Gasteiger partial charge is 0.381 e. The lowest BCUT2D eigenvalue weighted by atomic mass is 10.0. The minimum atomic E-state index is -0.254. The molecule has 2 aromatic heterocycles. The first kappa shape index (κ1) is 22.2. The first-order chi connectivity index (χ1) is 16.2. The summed E-state index contributed by atoms with van der Waals surface area (Å²) in [4.78, 5) is 17.2. The molecule has 1 N–H and O–H groups in total. The van der Waals surface area contributed by atoms with Crippen molar-refractivity contribution in [2.45, 2.75) is 51.0 Å². The molecule has 5 rings (SSSR count). The maximum absolute atomic E-state index is 13.6. The highest BCUT2D eigenvalue weighted by molar-refractivity contribution is 7.13. The van der Waals surface area contributed by atoms with E-state index in [0.29, 0.717) is 18.5 Å². The van der Waals surface area contributed by atoms with Gasteiger partial charge in [0, 0.05) is 30.7 Å². The second-order valence-electron chi connectivity index (χ2n) is 8.98. The van der Waals surface area contributed by atoms with Crippen LogP contribution in [0.15, 0.2) is 35.8 Å². The highest BCUT2D eigenvalue weighted by Crippen LogP contribution is 2.39. The summed E-state index contributed by atoms with van der Waals surface area (Å²) in [6.45, 7) is 2.25. The van der Waals surface area contributed by atoms with Crippen molar-refractivity contribution in [2.24, 2.45) is 5.92 Å². The van der Waals surface area contributed by atoms with Crippen molar-refractivity contribution in [2.75, 3.05) is 19.8 Å². The van der Waals surface area contributed by atoms with Crippen molar-refractivity contribution in [3.05, 3.63) is 47.4 Å². The zero-order valence-electron chi connectivity index (χ0n) is 18.6. The number of hydrogen-bond donors (Lipinski definition) is 1. The molecule has 0 unspecified atom stereocenters. The van der Waals surface area contributed by atoms with Crippen molar-refractivity contribution < 1.29 is 13.9 Å². The quantitative estimate of drug-likeness (QED) is 0.529. The third kappa shape index (κ3) is 5.17. The molecule has 1 aliphatic heterocycles. The second-order valence-corrected chi connectivity index (χ2v) is 9.84. The Hall–Kier alpha value is -2.58. The molecule has 0 radical (unpaired) electrons. The number of aromatic nitrogens is 3. The fourth-order valence-electron chi connectivity index (χ4n) is 4.79. The Kier molecular flexibility index (Phi) is 6.83. The Bertz CT molecular complexity index is 1080. The van der Waals surface area contributed by atoms with E-state index in [2.05, 4.69) is 10.00 Å². The number of thiazole rings is 1. The van der Waals surface area contributed by atoms with Crippen LogP contribution in [0.2, 0.25) is 0 Å². The zero-order valence-corrected chi connectivity index (χ0v) is 19.5. The van der Waals surface area contributed by atoms with Gasteiger partial charge in [0.25, 0.3) is 0 Å². The van der Waals surface area contributed by atoms with Gasteiger partial charge in [0.2, 0.25) is 5.91 Å². The number of benzene rings is 1. The molecule has 0 atom stereocenters. The van der Waals surface area contributed by atoms with Gasteiger partial charge in [-0.05, 0) is 55.9 Å². The molecule has 3 heterocycles. The average Bonchev–Trinajstić information content (AvgIpc) is 3.59. The normalized spacial score (nSPS) is 17.5. The van der Waals surface area contributed by atoms with Gasteiger partial charge in [-0.2, -0.15) is 5.10 Å². The predicted octanol–water partition coefficient (Wildman–Crippen LogP) is 5.01. The first-order valence-electron chi connectivity index (χ1n) is 11.8. The van der Waals surface area contributed by atoms with E-state index in [1.807, 2.05) is 11.6 Å². The van der Waals surface area contributed by atoms with Crippen molar-refractivity contribution in [1.82, 2.24) is 20.1 Å². The summed E-state index contributed by atoms with van der Waals surface area (Å²) < 4.78 is 21.1. The third-order valence-electron chi connectivity index (χ3n) is 6.64. The van der Waals surface area contributed by atoms with Gasteiger partial charge in [0.1, 0.15) is 10.8 Å². The van der Waals surface area contributed by atoms with Crippen LogP contribution in [0.1, 0.15) is 50.3 Å². The molecule has 174 valence electrons. The highest BCUT2D eigenvalue weighted by Gasteiger charge is 2.25. The van der Waals surface area contributed by atoms with Gasteiger partial charge in [0.15, 0.2) is 0 Å². The van der Waals surface area contributed by atoms with Crippen LogP contribution in [0, 0.1) is 11.7 Å². The van der Waals surface area contributed by atoms with Crippen LogP contribution in [-0.4, -0.2) is 40.4 Å². The first-order valence-corrected chi connectivity index (χ1v) is 12.7. The Morgan fingerprint density at radius 1 is 1.15 bits per heavy atom. The van der Waals surface area contributed by atoms with Gasteiger partial charge < -0.3 is 10.1 Å². The number of nitrogens with one attached hydrogen (secondary N) is 1. The molecule has 2 aliphatic rings. The summed E-state index contributed by atoms with van der Waals surface area (Å²) in [5, 5.41) is 10.6. The number of ether oxygens (including phenoxy) is 1. The second kappa shape index (κ2) is 10.1. The van der Waals surface area contributed by atoms with E-state index in [9.17, 15) is 9.18 Å². The van der Waals surface area contributed by atoms with Crippen LogP contribution in [0.5, 0.6) is 0 Å². The molecular formula is C25H29FN4O2S. The Balaban J connectivity index is 1.34. The summed E-state index contributed by atoms with van der Waals surface area (Å²) in [5.41, 5.74) is 3.61. The summed E-state index contributed by atoms with van der Waals surface area (Å²) in [6.07, 6.45) is 8.74. The average molecular weight is 469 g/mol. The van der Waals surface area contributed by atoms with E-state index in [4.69, 9.17) is 14.8 Å². The van der Waals surface area contributed by atoms with Crippen molar-refractivity contribution in [3.8, 4) is 21.8 Å².